The van der Waals surface area contributed by atoms with Crippen LogP contribution < -0.4 is 10.1 Å². The summed E-state index contributed by atoms with van der Waals surface area (Å²) < 4.78 is 44.4. The fraction of sp³-hybridized carbons (Fsp3) is 0.292. The second-order valence-electron chi connectivity index (χ2n) is 8.00. The Kier molecular flexibility index (Phi) is 6.33. The van der Waals surface area contributed by atoms with Crippen molar-refractivity contribution in [1.29, 1.82) is 0 Å². The Morgan fingerprint density at radius 3 is 2.64 bits per heavy atom. The van der Waals surface area contributed by atoms with E-state index in [1.165, 1.54) is 12.4 Å². The van der Waals surface area contributed by atoms with Gasteiger partial charge in [-0.25, -0.2) is 0 Å². The number of benzene rings is 1. The van der Waals surface area contributed by atoms with Crippen LogP contribution in [0.3, 0.4) is 0 Å². The fourth-order valence-corrected chi connectivity index (χ4v) is 3.72. The molecule has 172 valence electrons. The Balaban J connectivity index is 1.54. The molecule has 1 aliphatic heterocycles. The number of hydrogen-bond donors (Lipinski definition) is 1. The van der Waals surface area contributed by atoms with Crippen molar-refractivity contribution < 1.29 is 22.7 Å². The van der Waals surface area contributed by atoms with Crippen molar-refractivity contribution in [3.05, 3.63) is 71.7 Å². The third-order valence-electron chi connectivity index (χ3n) is 5.43. The molecule has 4 rings (SSSR count). The second kappa shape index (κ2) is 9.19. The van der Waals surface area contributed by atoms with Crippen LogP contribution in [0.15, 0.2) is 55.0 Å². The highest BCUT2D eigenvalue weighted by Gasteiger charge is 2.31. The van der Waals surface area contributed by atoms with Gasteiger partial charge in [0.05, 0.1) is 23.5 Å². The zero-order valence-corrected chi connectivity index (χ0v) is 18.2. The van der Waals surface area contributed by atoms with Crippen molar-refractivity contribution in [2.24, 2.45) is 0 Å². The van der Waals surface area contributed by atoms with Crippen molar-refractivity contribution in [2.45, 2.75) is 25.6 Å². The first kappa shape index (κ1) is 22.7. The predicted molar refractivity (Wildman–Crippen MR) is 117 cm³/mol. The topological polar surface area (TPSA) is 67.3 Å². The number of aromatic nitrogens is 2. The summed E-state index contributed by atoms with van der Waals surface area (Å²) in [5, 5.41) is 3.05. The van der Waals surface area contributed by atoms with E-state index in [0.29, 0.717) is 23.4 Å². The van der Waals surface area contributed by atoms with E-state index in [0.717, 1.165) is 36.5 Å². The summed E-state index contributed by atoms with van der Waals surface area (Å²) >= 11 is 0. The van der Waals surface area contributed by atoms with Crippen LogP contribution in [-0.2, 0) is 12.6 Å². The maximum absolute atomic E-state index is 12.9. The molecular weight excluding hydrogens is 433 g/mol. The molecule has 0 aliphatic carbocycles. The number of amides is 1. The van der Waals surface area contributed by atoms with Gasteiger partial charge in [-0.05, 0) is 43.3 Å². The maximum Gasteiger partial charge on any atom is 0.418 e. The molecule has 0 radical (unpaired) electrons. The molecule has 0 spiro atoms. The number of likely N-dealkylation sites (tertiary alicyclic amines) is 1. The van der Waals surface area contributed by atoms with E-state index < -0.39 is 11.7 Å². The highest BCUT2D eigenvalue weighted by molar-refractivity contribution is 5.96. The third-order valence-corrected chi connectivity index (χ3v) is 5.43. The molecule has 1 fully saturated rings. The summed E-state index contributed by atoms with van der Waals surface area (Å²) in [7, 11) is 2.00. The Bertz CT molecular complexity index is 1160. The highest BCUT2D eigenvalue weighted by Crippen LogP contribution is 2.32. The van der Waals surface area contributed by atoms with Crippen molar-refractivity contribution in [3.8, 4) is 22.8 Å². The first-order valence-corrected chi connectivity index (χ1v) is 10.5. The average Bonchev–Trinajstić information content (AvgIpc) is 2.77. The molecule has 1 saturated heterocycles. The Morgan fingerprint density at radius 1 is 1.15 bits per heavy atom. The van der Waals surface area contributed by atoms with Crippen LogP contribution >= 0.6 is 0 Å². The number of likely N-dealkylation sites (N-methyl/N-ethyl adjacent to an activating group) is 1. The molecule has 6 nitrogen and oxygen atoms in total. The standard InChI is InChI=1S/C24H23F3N4O2/c1-3-15-8-16(4-5-21(15)23(32)30-18-13-31(2)14-18)22-10-19(6-7-29-22)33-20-9-17(11-28-12-20)24(25,26)27/h4-12,18H,3,13-14H2,1-2H3,(H,30,32). The summed E-state index contributed by atoms with van der Waals surface area (Å²) in [6.45, 7) is 3.65. The number of rotatable bonds is 6. The number of nitrogens with zero attached hydrogens (tertiary/aromatic N) is 3. The zero-order valence-electron chi connectivity index (χ0n) is 18.2. The number of ether oxygens (including phenoxy) is 1. The molecule has 3 aromatic rings. The van der Waals surface area contributed by atoms with Gasteiger partial charge < -0.3 is 15.0 Å². The minimum atomic E-state index is -4.51. The molecule has 1 N–H and O–H groups in total. The molecule has 3 heterocycles. The summed E-state index contributed by atoms with van der Waals surface area (Å²) in [5.41, 5.74) is 1.98. The summed E-state index contributed by atoms with van der Waals surface area (Å²) in [6.07, 6.45) is -0.358. The van der Waals surface area contributed by atoms with Gasteiger partial charge in [-0.1, -0.05) is 13.0 Å². The Morgan fingerprint density at radius 2 is 1.94 bits per heavy atom. The summed E-state index contributed by atoms with van der Waals surface area (Å²) in [6, 6.07) is 9.74. The Hall–Kier alpha value is -3.46. The van der Waals surface area contributed by atoms with Gasteiger partial charge in [0.1, 0.15) is 11.5 Å². The van der Waals surface area contributed by atoms with E-state index >= 15 is 0 Å². The van der Waals surface area contributed by atoms with E-state index in [1.807, 2.05) is 20.0 Å². The molecule has 1 amide bonds. The fourth-order valence-electron chi connectivity index (χ4n) is 3.72. The molecule has 1 aromatic carbocycles. The largest absolute Gasteiger partial charge is 0.456 e. The summed E-state index contributed by atoms with van der Waals surface area (Å²) in [5.74, 6) is 0.207. The number of pyridine rings is 2. The first-order chi connectivity index (χ1) is 15.7. The highest BCUT2D eigenvalue weighted by atomic mass is 19.4. The normalized spacial score (nSPS) is 14.6. The average molecular weight is 456 g/mol. The summed E-state index contributed by atoms with van der Waals surface area (Å²) in [4.78, 5) is 22.8. The van der Waals surface area contributed by atoms with Crippen LogP contribution in [0, 0.1) is 0 Å². The van der Waals surface area contributed by atoms with Gasteiger partial charge in [0.25, 0.3) is 5.91 Å². The molecule has 0 unspecified atom stereocenters. The number of hydrogen-bond acceptors (Lipinski definition) is 5. The predicted octanol–water partition coefficient (Wildman–Crippen LogP) is 4.56. The lowest BCUT2D eigenvalue weighted by Gasteiger charge is -2.36. The van der Waals surface area contributed by atoms with Gasteiger partial charge in [0.15, 0.2) is 0 Å². The van der Waals surface area contributed by atoms with Crippen LogP contribution in [0.25, 0.3) is 11.3 Å². The zero-order chi connectivity index (χ0) is 23.6. The lowest BCUT2D eigenvalue weighted by Crippen LogP contribution is -2.57. The van der Waals surface area contributed by atoms with Crippen LogP contribution in [0.1, 0.15) is 28.4 Å². The van der Waals surface area contributed by atoms with Crippen molar-refractivity contribution in [2.75, 3.05) is 20.1 Å². The van der Waals surface area contributed by atoms with Crippen molar-refractivity contribution in [1.82, 2.24) is 20.2 Å². The van der Waals surface area contributed by atoms with E-state index in [-0.39, 0.29) is 17.7 Å². The van der Waals surface area contributed by atoms with Crippen LogP contribution in [-0.4, -0.2) is 47.0 Å². The first-order valence-electron chi connectivity index (χ1n) is 10.5. The molecule has 0 atom stereocenters. The number of alkyl halides is 3. The maximum atomic E-state index is 12.9. The van der Waals surface area contributed by atoms with Crippen LogP contribution in [0.2, 0.25) is 0 Å². The quantitative estimate of drug-likeness (QED) is 0.589. The van der Waals surface area contributed by atoms with E-state index in [9.17, 15) is 18.0 Å². The molecule has 9 heteroatoms. The number of halogens is 3. The lowest BCUT2D eigenvalue weighted by molar-refractivity contribution is -0.137. The van der Waals surface area contributed by atoms with Gasteiger partial charge in [-0.3, -0.25) is 14.8 Å². The minimum Gasteiger partial charge on any atom is -0.456 e. The van der Waals surface area contributed by atoms with Gasteiger partial charge >= 0.3 is 6.18 Å². The number of carbonyl (C=O) groups excluding carboxylic acids is 1. The number of nitrogens with one attached hydrogen (secondary N) is 1. The van der Waals surface area contributed by atoms with Gasteiger partial charge in [0.2, 0.25) is 0 Å². The molecule has 0 saturated carbocycles. The smallest absolute Gasteiger partial charge is 0.418 e. The SMILES string of the molecule is CCc1cc(-c2cc(Oc3cncc(C(F)(F)F)c3)ccn2)ccc1C(=O)NC1CN(C)C1. The number of carbonyl (C=O) groups is 1. The van der Waals surface area contributed by atoms with Gasteiger partial charge in [-0.2, -0.15) is 13.2 Å². The third kappa shape index (κ3) is 5.31. The Labute approximate surface area is 189 Å². The van der Waals surface area contributed by atoms with Crippen molar-refractivity contribution >= 4 is 5.91 Å². The monoisotopic (exact) mass is 456 g/mol. The van der Waals surface area contributed by atoms with Crippen molar-refractivity contribution in [3.63, 3.8) is 0 Å². The van der Waals surface area contributed by atoms with E-state index in [1.54, 1.807) is 24.3 Å². The molecule has 33 heavy (non-hydrogen) atoms. The van der Waals surface area contributed by atoms with E-state index in [2.05, 4.69) is 20.2 Å². The minimum absolute atomic E-state index is 0.0233. The lowest BCUT2D eigenvalue weighted by atomic mass is 9.98. The molecule has 1 aliphatic rings. The molecular formula is C24H23F3N4O2. The van der Waals surface area contributed by atoms with Crippen LogP contribution in [0.5, 0.6) is 11.5 Å². The van der Waals surface area contributed by atoms with E-state index in [4.69, 9.17) is 4.74 Å². The van der Waals surface area contributed by atoms with Crippen LogP contribution in [0.4, 0.5) is 13.2 Å². The number of aryl methyl sites for hydroxylation is 1. The molecule has 0 bridgehead atoms. The molecule has 2 aromatic heterocycles. The van der Waals surface area contributed by atoms with Gasteiger partial charge in [-0.15, -0.1) is 0 Å². The second-order valence-corrected chi connectivity index (χ2v) is 8.00. The van der Waals surface area contributed by atoms with Gasteiger partial charge in [0, 0.05) is 42.7 Å².